The number of ether oxygens (including phenoxy) is 4. The molecule has 1 rings (SSSR count). The summed E-state index contributed by atoms with van der Waals surface area (Å²) in [5.74, 6) is -0.679. The molecule has 32 heavy (non-hydrogen) atoms. The van der Waals surface area contributed by atoms with Crippen molar-refractivity contribution in [3.63, 3.8) is 0 Å². The summed E-state index contributed by atoms with van der Waals surface area (Å²) in [6.07, 6.45) is 2.11. The molecule has 0 saturated heterocycles. The van der Waals surface area contributed by atoms with Gasteiger partial charge in [-0.2, -0.15) is 17.0 Å². The maximum atomic E-state index is 12.8. The third-order valence-electron chi connectivity index (χ3n) is 4.26. The van der Waals surface area contributed by atoms with Gasteiger partial charge >= 0.3 is 5.97 Å². The summed E-state index contributed by atoms with van der Waals surface area (Å²) in [4.78, 5) is 37.4. The number of allylic oxidation sites excluding steroid dienone is 1. The molecule has 0 heterocycles. The Kier molecular flexibility index (Phi) is 10.9. The summed E-state index contributed by atoms with van der Waals surface area (Å²) in [5, 5.41) is 11.6. The van der Waals surface area contributed by atoms with E-state index in [2.05, 4.69) is 5.32 Å². The normalized spacial score (nSPS) is 12.0. The van der Waals surface area contributed by atoms with Crippen molar-refractivity contribution in [2.45, 2.75) is 19.4 Å². The van der Waals surface area contributed by atoms with Gasteiger partial charge in [-0.25, -0.2) is 4.79 Å². The van der Waals surface area contributed by atoms with Gasteiger partial charge in [0.25, 0.3) is 5.91 Å². The van der Waals surface area contributed by atoms with Gasteiger partial charge in [0.1, 0.15) is 17.7 Å². The highest BCUT2D eigenvalue weighted by Gasteiger charge is 2.25. The van der Waals surface area contributed by atoms with Crippen LogP contribution in [0, 0.1) is 11.3 Å². The molecule has 0 aliphatic rings. The number of carbonyl (C=O) groups is 3. The van der Waals surface area contributed by atoms with Gasteiger partial charge in [-0.15, -0.1) is 0 Å². The minimum absolute atomic E-state index is 0.0307. The van der Waals surface area contributed by atoms with Gasteiger partial charge in [-0.1, -0.05) is 0 Å². The van der Waals surface area contributed by atoms with Crippen LogP contribution in [0.3, 0.4) is 0 Å². The zero-order valence-corrected chi connectivity index (χ0v) is 19.5. The molecule has 0 saturated carbocycles. The molecule has 3 N–H and O–H groups in total. The second-order valence-corrected chi connectivity index (χ2v) is 7.41. The zero-order chi connectivity index (χ0) is 24.3. The van der Waals surface area contributed by atoms with E-state index >= 15 is 0 Å². The van der Waals surface area contributed by atoms with Crippen molar-refractivity contribution in [3.05, 3.63) is 29.0 Å². The molecular weight excluding hydrogens is 438 g/mol. The zero-order valence-electron chi connectivity index (χ0n) is 18.6. The molecule has 0 bridgehead atoms. The maximum Gasteiger partial charge on any atom is 0.329 e. The standard InChI is InChI=1S/C21H27N3O7S/c1-12(23)14(10-22)16(25)11-31-21(27)15(6-7-32-5)24-20(26)13-8-17(28-2)19(30-4)18(9-13)29-3/h8-9,15H,6-7,11,23H2,1-5H3,(H,24,26)/b14-12-. The van der Waals surface area contributed by atoms with Crippen molar-refractivity contribution in [2.75, 3.05) is 39.9 Å². The smallest absolute Gasteiger partial charge is 0.329 e. The number of nitrogens with one attached hydrogen (secondary N) is 1. The number of carbonyl (C=O) groups excluding carboxylic acids is 3. The van der Waals surface area contributed by atoms with Gasteiger partial charge in [-0.05, 0) is 37.5 Å². The van der Waals surface area contributed by atoms with E-state index in [-0.39, 0.29) is 34.8 Å². The molecule has 11 heteroatoms. The lowest BCUT2D eigenvalue weighted by Gasteiger charge is -2.18. The topological polar surface area (TPSA) is 150 Å². The summed E-state index contributed by atoms with van der Waals surface area (Å²) in [6, 6.07) is 3.56. The quantitative estimate of drug-likeness (QED) is 0.264. The van der Waals surface area contributed by atoms with E-state index in [9.17, 15) is 14.4 Å². The van der Waals surface area contributed by atoms with Crippen LogP contribution in [0.4, 0.5) is 0 Å². The lowest BCUT2D eigenvalue weighted by atomic mass is 10.1. The second-order valence-electron chi connectivity index (χ2n) is 6.42. The average molecular weight is 466 g/mol. The van der Waals surface area contributed by atoms with E-state index in [0.717, 1.165) is 0 Å². The predicted octanol–water partition coefficient (Wildman–Crippen LogP) is 1.43. The number of nitriles is 1. The Morgan fingerprint density at radius 3 is 2.19 bits per heavy atom. The molecule has 0 aromatic heterocycles. The average Bonchev–Trinajstić information content (AvgIpc) is 2.78. The molecule has 0 radical (unpaired) electrons. The Morgan fingerprint density at radius 2 is 1.75 bits per heavy atom. The molecular formula is C21H27N3O7S. The second kappa shape index (κ2) is 13.1. The molecule has 1 unspecified atom stereocenters. The fourth-order valence-electron chi connectivity index (χ4n) is 2.62. The number of hydrogen-bond donors (Lipinski definition) is 2. The summed E-state index contributed by atoms with van der Waals surface area (Å²) in [7, 11) is 4.28. The largest absolute Gasteiger partial charge is 0.493 e. The first kappa shape index (κ1) is 26.6. The molecule has 0 aliphatic carbocycles. The molecule has 1 amide bonds. The molecule has 0 fully saturated rings. The van der Waals surface area contributed by atoms with Crippen molar-refractivity contribution >= 4 is 29.4 Å². The third kappa shape index (κ3) is 7.09. The van der Waals surface area contributed by atoms with Crippen LogP contribution in [-0.2, 0) is 14.3 Å². The Bertz CT molecular complexity index is 895. The molecule has 1 aromatic rings. The van der Waals surface area contributed by atoms with E-state index in [1.807, 2.05) is 6.26 Å². The minimum atomic E-state index is -1.02. The van der Waals surface area contributed by atoms with Crippen LogP contribution in [0.15, 0.2) is 23.4 Å². The number of methoxy groups -OCH3 is 3. The van der Waals surface area contributed by atoms with Crippen LogP contribution in [0.1, 0.15) is 23.7 Å². The Labute approximate surface area is 191 Å². The number of rotatable bonds is 12. The van der Waals surface area contributed by atoms with Gasteiger partial charge in [0.15, 0.2) is 18.1 Å². The minimum Gasteiger partial charge on any atom is -0.493 e. The van der Waals surface area contributed by atoms with Crippen molar-refractivity contribution in [2.24, 2.45) is 5.73 Å². The number of thioether (sulfide) groups is 1. The van der Waals surface area contributed by atoms with Crippen LogP contribution in [0.5, 0.6) is 17.2 Å². The Morgan fingerprint density at radius 1 is 1.16 bits per heavy atom. The van der Waals surface area contributed by atoms with E-state index in [0.29, 0.717) is 11.5 Å². The molecule has 10 nitrogen and oxygen atoms in total. The molecule has 0 aliphatic heterocycles. The van der Waals surface area contributed by atoms with Crippen LogP contribution in [0.25, 0.3) is 0 Å². The monoisotopic (exact) mass is 465 g/mol. The first-order valence-corrected chi connectivity index (χ1v) is 10.8. The van der Waals surface area contributed by atoms with Crippen LogP contribution in [-0.4, -0.2) is 63.6 Å². The summed E-state index contributed by atoms with van der Waals surface area (Å²) in [6.45, 7) is 0.739. The van der Waals surface area contributed by atoms with Crippen LogP contribution < -0.4 is 25.3 Å². The van der Waals surface area contributed by atoms with E-state index in [1.165, 1.54) is 52.1 Å². The number of esters is 1. The van der Waals surface area contributed by atoms with Crippen molar-refractivity contribution < 1.29 is 33.3 Å². The fourth-order valence-corrected chi connectivity index (χ4v) is 3.09. The van der Waals surface area contributed by atoms with Crippen LogP contribution >= 0.6 is 11.8 Å². The highest BCUT2D eigenvalue weighted by molar-refractivity contribution is 7.98. The number of ketones is 1. The summed E-state index contributed by atoms with van der Waals surface area (Å²) in [5.41, 5.74) is 5.41. The predicted molar refractivity (Wildman–Crippen MR) is 119 cm³/mol. The number of hydrogen-bond acceptors (Lipinski definition) is 10. The SMILES string of the molecule is COc1cc(C(=O)NC(CCSC)C(=O)OCC(=O)/C(C#N)=C(/C)N)cc(OC)c1OC. The highest BCUT2D eigenvalue weighted by Crippen LogP contribution is 2.38. The lowest BCUT2D eigenvalue weighted by Crippen LogP contribution is -2.42. The van der Waals surface area contributed by atoms with Gasteiger partial charge in [-0.3, -0.25) is 9.59 Å². The third-order valence-corrected chi connectivity index (χ3v) is 4.90. The van der Waals surface area contributed by atoms with E-state index in [4.69, 9.17) is 29.9 Å². The fraction of sp³-hybridized carbons (Fsp3) is 0.429. The van der Waals surface area contributed by atoms with Crippen molar-refractivity contribution in [1.82, 2.24) is 5.32 Å². The van der Waals surface area contributed by atoms with Crippen LogP contribution in [0.2, 0.25) is 0 Å². The first-order valence-electron chi connectivity index (χ1n) is 9.40. The number of Topliss-reactive ketones (excluding diaryl/α,β-unsaturated/α-hetero) is 1. The maximum absolute atomic E-state index is 12.8. The number of amides is 1. The molecule has 1 atom stereocenters. The van der Waals surface area contributed by atoms with Crippen molar-refractivity contribution in [1.29, 1.82) is 5.26 Å². The summed E-state index contributed by atoms with van der Waals surface area (Å²) >= 11 is 1.47. The number of benzene rings is 1. The first-order chi connectivity index (χ1) is 15.2. The number of nitrogens with two attached hydrogens (primary N) is 1. The molecule has 1 aromatic carbocycles. The van der Waals surface area contributed by atoms with E-state index < -0.39 is 30.3 Å². The van der Waals surface area contributed by atoms with Gasteiger partial charge in [0, 0.05) is 11.3 Å². The molecule has 174 valence electrons. The summed E-state index contributed by atoms with van der Waals surface area (Å²) < 4.78 is 20.8. The Balaban J connectivity index is 3.03. The van der Waals surface area contributed by atoms with Gasteiger partial charge in [0.2, 0.25) is 11.5 Å². The van der Waals surface area contributed by atoms with Gasteiger partial charge < -0.3 is 30.0 Å². The number of nitrogens with zero attached hydrogens (tertiary/aromatic N) is 1. The lowest BCUT2D eigenvalue weighted by molar-refractivity contribution is -0.149. The molecule has 0 spiro atoms. The Hall–Kier alpha value is -3.39. The van der Waals surface area contributed by atoms with Gasteiger partial charge in [0.05, 0.1) is 21.3 Å². The van der Waals surface area contributed by atoms with Crippen molar-refractivity contribution in [3.8, 4) is 23.3 Å². The highest BCUT2D eigenvalue weighted by atomic mass is 32.2. The van der Waals surface area contributed by atoms with E-state index in [1.54, 1.807) is 6.07 Å².